The maximum atomic E-state index is 12.5. The summed E-state index contributed by atoms with van der Waals surface area (Å²) < 4.78 is 29.4. The molecule has 1 saturated carbocycles. The molecule has 118 valence electrons. The van der Waals surface area contributed by atoms with Gasteiger partial charge in [0.05, 0.1) is 0 Å². The minimum atomic E-state index is -3.37. The van der Waals surface area contributed by atoms with E-state index in [1.54, 1.807) is 7.05 Å². The van der Waals surface area contributed by atoms with E-state index >= 15 is 0 Å². The van der Waals surface area contributed by atoms with Crippen LogP contribution >= 0.6 is 0 Å². The van der Waals surface area contributed by atoms with Gasteiger partial charge < -0.3 is 0 Å². The molecule has 3 unspecified atom stereocenters. The summed E-state index contributed by atoms with van der Waals surface area (Å²) in [6.07, 6.45) is 2.31. The third-order valence-electron chi connectivity index (χ3n) is 4.93. The molecule has 6 heteroatoms. The van der Waals surface area contributed by atoms with Gasteiger partial charge in [-0.05, 0) is 45.4 Å². The molecule has 1 aliphatic heterocycles. The van der Waals surface area contributed by atoms with E-state index in [1.807, 2.05) is 6.92 Å². The molecule has 0 spiro atoms. The topological polar surface area (TPSA) is 52.7 Å². The number of rotatable bonds is 6. The van der Waals surface area contributed by atoms with E-state index in [1.165, 1.54) is 4.31 Å². The van der Waals surface area contributed by atoms with Gasteiger partial charge in [-0.25, -0.2) is 0 Å². The van der Waals surface area contributed by atoms with Gasteiger partial charge in [-0.1, -0.05) is 6.92 Å². The number of likely N-dealkylation sites (tertiary alicyclic amines) is 1. The lowest BCUT2D eigenvalue weighted by molar-refractivity contribution is 0.265. The van der Waals surface area contributed by atoms with Crippen LogP contribution in [0.1, 0.15) is 40.5 Å². The van der Waals surface area contributed by atoms with Crippen molar-refractivity contribution in [1.29, 1.82) is 0 Å². The van der Waals surface area contributed by atoms with Crippen LogP contribution in [0, 0.1) is 11.8 Å². The van der Waals surface area contributed by atoms with E-state index in [2.05, 4.69) is 30.4 Å². The molecule has 0 amide bonds. The average Bonchev–Trinajstić information content (AvgIpc) is 3.13. The molecule has 0 aromatic rings. The molecular weight excluding hydrogens is 274 g/mol. The lowest BCUT2D eigenvalue weighted by atomic mass is 10.1. The van der Waals surface area contributed by atoms with E-state index in [4.69, 9.17) is 0 Å². The predicted octanol–water partition coefficient (Wildman–Crippen LogP) is 1.28. The fraction of sp³-hybridized carbons (Fsp3) is 1.00. The highest BCUT2D eigenvalue weighted by Gasteiger charge is 2.38. The summed E-state index contributed by atoms with van der Waals surface area (Å²) in [6.45, 7) is 10.2. The van der Waals surface area contributed by atoms with Crippen LogP contribution in [-0.2, 0) is 10.2 Å². The second-order valence-corrected chi connectivity index (χ2v) is 8.61. The number of hydrogen-bond acceptors (Lipinski definition) is 3. The fourth-order valence-corrected chi connectivity index (χ4v) is 4.41. The van der Waals surface area contributed by atoms with Gasteiger partial charge in [0.25, 0.3) is 10.2 Å². The van der Waals surface area contributed by atoms with E-state index < -0.39 is 10.2 Å². The highest BCUT2D eigenvalue weighted by Crippen LogP contribution is 2.35. The molecule has 3 atom stereocenters. The molecule has 1 aliphatic carbocycles. The van der Waals surface area contributed by atoms with Crippen molar-refractivity contribution in [3.8, 4) is 0 Å². The highest BCUT2D eigenvalue weighted by molar-refractivity contribution is 7.87. The van der Waals surface area contributed by atoms with E-state index in [9.17, 15) is 8.42 Å². The molecule has 1 heterocycles. The summed E-state index contributed by atoms with van der Waals surface area (Å²) in [6, 6.07) is 0.594. The van der Waals surface area contributed by atoms with Crippen LogP contribution in [0.4, 0.5) is 0 Å². The van der Waals surface area contributed by atoms with Crippen molar-refractivity contribution in [2.45, 2.75) is 58.7 Å². The van der Waals surface area contributed by atoms with Crippen LogP contribution < -0.4 is 4.72 Å². The largest absolute Gasteiger partial charge is 0.299 e. The van der Waals surface area contributed by atoms with Crippen LogP contribution in [-0.4, -0.2) is 55.9 Å². The average molecular weight is 303 g/mol. The summed E-state index contributed by atoms with van der Waals surface area (Å²) in [7, 11) is -1.67. The maximum Gasteiger partial charge on any atom is 0.279 e. The lowest BCUT2D eigenvalue weighted by Crippen LogP contribution is -2.49. The first-order chi connectivity index (χ1) is 9.22. The van der Waals surface area contributed by atoms with Gasteiger partial charge in [0.15, 0.2) is 0 Å². The minimum absolute atomic E-state index is 0.0243. The third kappa shape index (κ3) is 3.53. The normalized spacial score (nSPS) is 30.4. The van der Waals surface area contributed by atoms with Crippen molar-refractivity contribution in [3.63, 3.8) is 0 Å². The Balaban J connectivity index is 1.97. The van der Waals surface area contributed by atoms with Gasteiger partial charge in [-0.2, -0.15) is 17.4 Å². The van der Waals surface area contributed by atoms with Crippen LogP contribution in [0.2, 0.25) is 0 Å². The zero-order valence-electron chi connectivity index (χ0n) is 13.3. The Labute approximate surface area is 123 Å². The van der Waals surface area contributed by atoms with Crippen molar-refractivity contribution in [2.75, 3.05) is 20.1 Å². The number of hydrogen-bond donors (Lipinski definition) is 1. The summed E-state index contributed by atoms with van der Waals surface area (Å²) >= 11 is 0. The molecule has 5 nitrogen and oxygen atoms in total. The smallest absolute Gasteiger partial charge is 0.279 e. The lowest BCUT2D eigenvalue weighted by Gasteiger charge is -2.27. The Kier molecular flexibility index (Phi) is 4.79. The monoisotopic (exact) mass is 303 g/mol. The maximum absolute atomic E-state index is 12.5. The van der Waals surface area contributed by atoms with Crippen LogP contribution in [0.25, 0.3) is 0 Å². The van der Waals surface area contributed by atoms with E-state index in [-0.39, 0.29) is 12.1 Å². The quantitative estimate of drug-likeness (QED) is 0.804. The Morgan fingerprint density at radius 1 is 1.20 bits per heavy atom. The zero-order chi connectivity index (χ0) is 15.1. The van der Waals surface area contributed by atoms with Gasteiger partial charge in [-0.15, -0.1) is 0 Å². The van der Waals surface area contributed by atoms with E-state index in [0.29, 0.717) is 17.9 Å². The van der Waals surface area contributed by atoms with Crippen molar-refractivity contribution in [2.24, 2.45) is 11.8 Å². The Morgan fingerprint density at radius 2 is 1.80 bits per heavy atom. The molecule has 0 aromatic carbocycles. The number of nitrogens with one attached hydrogen (secondary N) is 1. The SMILES string of the molecule is CC1CN(C(C)C)CC1NS(=O)(=O)N(C)C(C)C1CC1. The first-order valence-electron chi connectivity index (χ1n) is 7.71. The summed E-state index contributed by atoms with van der Waals surface area (Å²) in [5.41, 5.74) is 0. The second kappa shape index (κ2) is 5.91. The van der Waals surface area contributed by atoms with Crippen LogP contribution in [0.5, 0.6) is 0 Å². The van der Waals surface area contributed by atoms with Gasteiger partial charge >= 0.3 is 0 Å². The van der Waals surface area contributed by atoms with Crippen molar-refractivity contribution in [1.82, 2.24) is 13.9 Å². The first-order valence-corrected chi connectivity index (χ1v) is 9.15. The molecule has 2 fully saturated rings. The summed E-state index contributed by atoms with van der Waals surface area (Å²) in [5.74, 6) is 0.904. The Hall–Kier alpha value is -0.170. The first kappa shape index (κ1) is 16.2. The van der Waals surface area contributed by atoms with Gasteiger partial charge in [-0.3, -0.25) is 4.90 Å². The molecule has 20 heavy (non-hydrogen) atoms. The van der Waals surface area contributed by atoms with Gasteiger partial charge in [0.1, 0.15) is 0 Å². The van der Waals surface area contributed by atoms with Crippen molar-refractivity contribution < 1.29 is 8.42 Å². The Morgan fingerprint density at radius 3 is 2.25 bits per heavy atom. The second-order valence-electron chi connectivity index (χ2n) is 6.85. The highest BCUT2D eigenvalue weighted by atomic mass is 32.2. The molecule has 0 bridgehead atoms. The predicted molar refractivity (Wildman–Crippen MR) is 81.7 cm³/mol. The Bertz CT molecular complexity index is 434. The number of nitrogens with zero attached hydrogens (tertiary/aromatic N) is 2. The summed E-state index contributed by atoms with van der Waals surface area (Å²) in [4.78, 5) is 2.34. The fourth-order valence-electron chi connectivity index (χ4n) is 2.95. The molecule has 0 aromatic heterocycles. The van der Waals surface area contributed by atoms with Crippen molar-refractivity contribution >= 4 is 10.2 Å². The standard InChI is InChI=1S/C14H29N3O2S/c1-10(2)17-8-11(3)14(9-17)15-20(18,19)16(5)12(4)13-6-7-13/h10-15H,6-9H2,1-5H3. The summed E-state index contributed by atoms with van der Waals surface area (Å²) in [5, 5.41) is 0. The molecule has 2 aliphatic rings. The molecular formula is C14H29N3O2S. The van der Waals surface area contributed by atoms with Crippen molar-refractivity contribution in [3.05, 3.63) is 0 Å². The molecule has 0 radical (unpaired) electrons. The van der Waals surface area contributed by atoms with Crippen LogP contribution in [0.15, 0.2) is 0 Å². The zero-order valence-corrected chi connectivity index (χ0v) is 14.2. The van der Waals surface area contributed by atoms with Crippen LogP contribution in [0.3, 0.4) is 0 Å². The van der Waals surface area contributed by atoms with Gasteiger partial charge in [0.2, 0.25) is 0 Å². The minimum Gasteiger partial charge on any atom is -0.299 e. The third-order valence-corrected chi connectivity index (χ3v) is 6.62. The van der Waals surface area contributed by atoms with Gasteiger partial charge in [0, 0.05) is 38.3 Å². The molecule has 2 rings (SSSR count). The molecule has 1 N–H and O–H groups in total. The van der Waals surface area contributed by atoms with E-state index in [0.717, 1.165) is 25.9 Å². The molecule has 1 saturated heterocycles.